The van der Waals surface area contributed by atoms with Crippen molar-refractivity contribution in [2.75, 3.05) is 4.72 Å². The smallest absolute Gasteiger partial charge is 0.277 e. The SMILES string of the molecule is O=S(=O)(Nc1cc(Cl)ccc1-n1cncn1)c1cccc(C(F)(F)F)c1. The number of nitrogens with one attached hydrogen (secondary N) is 1. The Hall–Kier alpha value is -2.59. The second-order valence-electron chi connectivity index (χ2n) is 5.13. The molecule has 6 nitrogen and oxygen atoms in total. The van der Waals surface area contributed by atoms with E-state index in [1.807, 2.05) is 0 Å². The molecule has 0 aliphatic heterocycles. The molecule has 0 aliphatic carbocycles. The number of aromatic nitrogens is 3. The van der Waals surface area contributed by atoms with E-state index < -0.39 is 26.7 Å². The molecule has 0 atom stereocenters. The van der Waals surface area contributed by atoms with Crippen molar-refractivity contribution < 1.29 is 21.6 Å². The fraction of sp³-hybridized carbons (Fsp3) is 0.0667. The molecule has 0 spiro atoms. The summed E-state index contributed by atoms with van der Waals surface area (Å²) < 4.78 is 67.1. The van der Waals surface area contributed by atoms with Crippen molar-refractivity contribution in [3.05, 3.63) is 65.7 Å². The second kappa shape index (κ2) is 6.61. The molecule has 136 valence electrons. The lowest BCUT2D eigenvalue weighted by molar-refractivity contribution is -0.137. The standard InChI is InChI=1S/C15H10ClF3N4O2S/c16-11-4-5-14(23-9-20-8-21-23)13(7-11)22-26(24,25)12-3-1-2-10(6-12)15(17,18)19/h1-9,22H. The maximum absolute atomic E-state index is 12.8. The predicted molar refractivity (Wildman–Crippen MR) is 88.6 cm³/mol. The number of hydrogen-bond acceptors (Lipinski definition) is 4. The Kier molecular flexibility index (Phi) is 4.63. The lowest BCUT2D eigenvalue weighted by Gasteiger charge is -2.14. The number of anilines is 1. The molecule has 26 heavy (non-hydrogen) atoms. The van der Waals surface area contributed by atoms with Gasteiger partial charge in [0, 0.05) is 5.02 Å². The first-order valence-corrected chi connectivity index (χ1v) is 8.87. The third-order valence-electron chi connectivity index (χ3n) is 3.34. The summed E-state index contributed by atoms with van der Waals surface area (Å²) in [5, 5.41) is 4.14. The zero-order valence-corrected chi connectivity index (χ0v) is 14.3. The quantitative estimate of drug-likeness (QED) is 0.721. The zero-order chi connectivity index (χ0) is 18.9. The van der Waals surface area contributed by atoms with Gasteiger partial charge in [0.05, 0.1) is 21.8 Å². The molecule has 3 rings (SSSR count). The van der Waals surface area contributed by atoms with Gasteiger partial charge < -0.3 is 0 Å². The Morgan fingerprint density at radius 2 is 1.88 bits per heavy atom. The highest BCUT2D eigenvalue weighted by molar-refractivity contribution is 7.92. The van der Waals surface area contributed by atoms with Crippen molar-refractivity contribution in [2.45, 2.75) is 11.1 Å². The van der Waals surface area contributed by atoms with Gasteiger partial charge >= 0.3 is 6.18 Å². The summed E-state index contributed by atoms with van der Waals surface area (Å²) >= 11 is 5.91. The van der Waals surface area contributed by atoms with Crippen LogP contribution in [0.15, 0.2) is 60.0 Å². The van der Waals surface area contributed by atoms with E-state index in [2.05, 4.69) is 14.8 Å². The Morgan fingerprint density at radius 3 is 2.54 bits per heavy atom. The van der Waals surface area contributed by atoms with E-state index in [1.54, 1.807) is 0 Å². The largest absolute Gasteiger partial charge is 0.416 e. The topological polar surface area (TPSA) is 76.9 Å². The van der Waals surface area contributed by atoms with Gasteiger partial charge in [-0.05, 0) is 36.4 Å². The molecule has 0 radical (unpaired) electrons. The monoisotopic (exact) mass is 402 g/mol. The van der Waals surface area contributed by atoms with Gasteiger partial charge in [-0.15, -0.1) is 0 Å². The van der Waals surface area contributed by atoms with Gasteiger partial charge in [0.2, 0.25) is 0 Å². The lowest BCUT2D eigenvalue weighted by Crippen LogP contribution is -2.16. The molecule has 0 saturated carbocycles. The molecule has 0 saturated heterocycles. The summed E-state index contributed by atoms with van der Waals surface area (Å²) in [6.07, 6.45) is -2.07. The maximum atomic E-state index is 12.8. The van der Waals surface area contributed by atoms with E-state index in [-0.39, 0.29) is 10.7 Å². The number of hydrogen-bond donors (Lipinski definition) is 1. The first-order chi connectivity index (χ1) is 12.2. The lowest BCUT2D eigenvalue weighted by atomic mass is 10.2. The summed E-state index contributed by atoms with van der Waals surface area (Å²) in [6.45, 7) is 0. The summed E-state index contributed by atoms with van der Waals surface area (Å²) in [6, 6.07) is 7.78. The summed E-state index contributed by atoms with van der Waals surface area (Å²) in [5.41, 5.74) is -0.717. The van der Waals surface area contributed by atoms with Crippen LogP contribution in [0.25, 0.3) is 5.69 Å². The minimum atomic E-state index is -4.66. The van der Waals surface area contributed by atoms with E-state index in [1.165, 1.54) is 35.5 Å². The van der Waals surface area contributed by atoms with Gasteiger partial charge in [0.15, 0.2) is 0 Å². The highest BCUT2D eigenvalue weighted by atomic mass is 35.5. The first kappa shape index (κ1) is 18.2. The number of sulfonamides is 1. The van der Waals surface area contributed by atoms with Crippen LogP contribution >= 0.6 is 11.6 Å². The van der Waals surface area contributed by atoms with Crippen LogP contribution in [0.5, 0.6) is 0 Å². The number of rotatable bonds is 4. The van der Waals surface area contributed by atoms with Gasteiger partial charge in [-0.3, -0.25) is 4.72 Å². The van der Waals surface area contributed by atoms with E-state index in [0.717, 1.165) is 18.2 Å². The van der Waals surface area contributed by atoms with E-state index in [0.29, 0.717) is 11.8 Å². The maximum Gasteiger partial charge on any atom is 0.416 e. The first-order valence-electron chi connectivity index (χ1n) is 7.01. The Morgan fingerprint density at radius 1 is 1.12 bits per heavy atom. The normalized spacial score (nSPS) is 12.2. The zero-order valence-electron chi connectivity index (χ0n) is 12.8. The molecule has 0 fully saturated rings. The predicted octanol–water partition coefficient (Wildman–Crippen LogP) is 3.74. The van der Waals surface area contributed by atoms with Crippen molar-refractivity contribution in [1.82, 2.24) is 14.8 Å². The van der Waals surface area contributed by atoms with Crippen molar-refractivity contribution >= 4 is 27.3 Å². The Balaban J connectivity index is 2.03. The van der Waals surface area contributed by atoms with Crippen molar-refractivity contribution in [3.63, 3.8) is 0 Å². The number of alkyl halides is 3. The summed E-state index contributed by atoms with van der Waals surface area (Å²) in [7, 11) is -4.30. The van der Waals surface area contributed by atoms with Gasteiger partial charge in [0.25, 0.3) is 10.0 Å². The average Bonchev–Trinajstić information content (AvgIpc) is 3.08. The third kappa shape index (κ3) is 3.81. The van der Waals surface area contributed by atoms with E-state index >= 15 is 0 Å². The molecule has 11 heteroatoms. The molecule has 3 aromatic rings. The number of nitrogens with zero attached hydrogens (tertiary/aromatic N) is 3. The van der Waals surface area contributed by atoms with E-state index in [4.69, 9.17) is 11.6 Å². The van der Waals surface area contributed by atoms with Gasteiger partial charge in [-0.1, -0.05) is 17.7 Å². The average molecular weight is 403 g/mol. The third-order valence-corrected chi connectivity index (χ3v) is 4.94. The van der Waals surface area contributed by atoms with Crippen LogP contribution < -0.4 is 4.72 Å². The minimum absolute atomic E-state index is 0.0420. The molecule has 1 N–H and O–H groups in total. The molecule has 0 aliphatic rings. The molecule has 1 aromatic heterocycles. The molecular formula is C15H10ClF3N4O2S. The van der Waals surface area contributed by atoms with Crippen LogP contribution in [-0.2, 0) is 16.2 Å². The Labute approximate surface area is 151 Å². The van der Waals surface area contributed by atoms with Crippen LogP contribution in [0.1, 0.15) is 5.56 Å². The van der Waals surface area contributed by atoms with Gasteiger partial charge in [-0.2, -0.15) is 18.3 Å². The molecular weight excluding hydrogens is 393 g/mol. The van der Waals surface area contributed by atoms with E-state index in [9.17, 15) is 21.6 Å². The van der Waals surface area contributed by atoms with Crippen LogP contribution in [0.2, 0.25) is 5.02 Å². The van der Waals surface area contributed by atoms with Crippen LogP contribution in [0, 0.1) is 0 Å². The fourth-order valence-corrected chi connectivity index (χ4v) is 3.45. The minimum Gasteiger partial charge on any atom is -0.277 e. The summed E-state index contributed by atoms with van der Waals surface area (Å²) in [5.74, 6) is 0. The highest BCUT2D eigenvalue weighted by Crippen LogP contribution is 2.31. The fourth-order valence-electron chi connectivity index (χ4n) is 2.17. The van der Waals surface area contributed by atoms with Crippen molar-refractivity contribution in [1.29, 1.82) is 0 Å². The molecule has 1 heterocycles. The van der Waals surface area contributed by atoms with Gasteiger partial charge in [0.1, 0.15) is 12.7 Å². The Bertz CT molecular complexity index is 1040. The summed E-state index contributed by atoms with van der Waals surface area (Å²) in [4.78, 5) is 3.24. The number of halogens is 4. The number of benzene rings is 2. The molecule has 2 aromatic carbocycles. The highest BCUT2D eigenvalue weighted by Gasteiger charge is 2.31. The molecule has 0 bridgehead atoms. The van der Waals surface area contributed by atoms with Crippen LogP contribution in [0.4, 0.5) is 18.9 Å². The van der Waals surface area contributed by atoms with Crippen LogP contribution in [-0.4, -0.2) is 23.2 Å². The molecule has 0 unspecified atom stereocenters. The van der Waals surface area contributed by atoms with Crippen LogP contribution in [0.3, 0.4) is 0 Å². The van der Waals surface area contributed by atoms with Crippen molar-refractivity contribution in [3.8, 4) is 5.69 Å². The van der Waals surface area contributed by atoms with Crippen molar-refractivity contribution in [2.24, 2.45) is 0 Å². The molecule has 0 amide bonds. The van der Waals surface area contributed by atoms with Gasteiger partial charge in [-0.25, -0.2) is 18.1 Å². The second-order valence-corrected chi connectivity index (χ2v) is 7.25.